The van der Waals surface area contributed by atoms with E-state index in [1.807, 2.05) is 0 Å². The van der Waals surface area contributed by atoms with Crippen LogP contribution in [0.15, 0.2) is 4.99 Å². The van der Waals surface area contributed by atoms with E-state index in [-0.39, 0.29) is 0 Å². The van der Waals surface area contributed by atoms with Crippen molar-refractivity contribution in [2.75, 3.05) is 39.8 Å². The summed E-state index contributed by atoms with van der Waals surface area (Å²) in [4.78, 5) is 8.96. The molecule has 0 aromatic heterocycles. The van der Waals surface area contributed by atoms with Gasteiger partial charge in [0.25, 0.3) is 0 Å². The first-order chi connectivity index (χ1) is 7.09. The van der Waals surface area contributed by atoms with Crippen LogP contribution in [0.4, 0.5) is 0 Å². The summed E-state index contributed by atoms with van der Waals surface area (Å²) in [5.41, 5.74) is 5.97. The molecular weight excluding hydrogens is 188 g/mol. The highest BCUT2D eigenvalue weighted by Gasteiger charge is 2.13. The van der Waals surface area contributed by atoms with E-state index in [9.17, 15) is 0 Å². The Balaban J connectivity index is 2.44. The highest BCUT2D eigenvalue weighted by atomic mass is 15.3. The summed E-state index contributed by atoms with van der Waals surface area (Å²) >= 11 is 0. The van der Waals surface area contributed by atoms with E-state index >= 15 is 0 Å². The number of likely N-dealkylation sites (N-methyl/N-ethyl adjacent to an activating group) is 1. The molecule has 1 rings (SSSR count). The Morgan fingerprint density at radius 3 is 2.67 bits per heavy atom. The summed E-state index contributed by atoms with van der Waals surface area (Å²) in [7, 11) is 2.16. The zero-order chi connectivity index (χ0) is 11.3. The second-order valence-corrected chi connectivity index (χ2v) is 4.74. The molecule has 0 saturated carbocycles. The molecule has 0 amide bonds. The van der Waals surface area contributed by atoms with Crippen LogP contribution >= 0.6 is 0 Å². The molecule has 1 fully saturated rings. The maximum atomic E-state index is 5.97. The van der Waals surface area contributed by atoms with Crippen molar-refractivity contribution in [3.63, 3.8) is 0 Å². The fourth-order valence-corrected chi connectivity index (χ4v) is 1.65. The monoisotopic (exact) mass is 212 g/mol. The van der Waals surface area contributed by atoms with Gasteiger partial charge in [-0.15, -0.1) is 0 Å². The van der Waals surface area contributed by atoms with Crippen LogP contribution in [-0.4, -0.2) is 55.5 Å². The Labute approximate surface area is 93.1 Å². The summed E-state index contributed by atoms with van der Waals surface area (Å²) in [6, 6.07) is 0. The number of hydrogen-bond donors (Lipinski definition) is 1. The minimum atomic E-state index is 0.582. The predicted molar refractivity (Wildman–Crippen MR) is 65.0 cm³/mol. The molecular formula is C11H24N4. The highest BCUT2D eigenvalue weighted by molar-refractivity contribution is 5.78. The fourth-order valence-electron chi connectivity index (χ4n) is 1.65. The number of guanidine groups is 1. The molecule has 0 bridgehead atoms. The third-order valence-corrected chi connectivity index (χ3v) is 2.66. The predicted octanol–water partition coefficient (Wildman–Crippen LogP) is 0.595. The van der Waals surface area contributed by atoms with Crippen molar-refractivity contribution in [3.8, 4) is 0 Å². The highest BCUT2D eigenvalue weighted by Crippen LogP contribution is 2.01. The molecule has 1 aliphatic heterocycles. The standard InChI is InChI=1S/C11H24N4/c1-10(2)9-13-11(12)15-6-4-5-14(3)7-8-15/h10H,4-9H2,1-3H3,(H2,12,13). The lowest BCUT2D eigenvalue weighted by Crippen LogP contribution is -2.40. The molecule has 0 spiro atoms. The van der Waals surface area contributed by atoms with E-state index in [0.29, 0.717) is 5.92 Å². The lowest BCUT2D eigenvalue weighted by atomic mass is 10.2. The fraction of sp³-hybridized carbons (Fsp3) is 0.909. The van der Waals surface area contributed by atoms with Gasteiger partial charge in [0.15, 0.2) is 5.96 Å². The zero-order valence-corrected chi connectivity index (χ0v) is 10.2. The van der Waals surface area contributed by atoms with Gasteiger partial charge in [0, 0.05) is 26.2 Å². The SMILES string of the molecule is CC(C)CN=C(N)N1CCCN(C)CC1. The Bertz CT molecular complexity index is 213. The molecule has 0 unspecified atom stereocenters. The zero-order valence-electron chi connectivity index (χ0n) is 10.2. The number of nitrogens with zero attached hydrogens (tertiary/aromatic N) is 3. The second-order valence-electron chi connectivity index (χ2n) is 4.74. The average molecular weight is 212 g/mol. The van der Waals surface area contributed by atoms with Crippen LogP contribution < -0.4 is 5.73 Å². The molecule has 1 aliphatic rings. The van der Waals surface area contributed by atoms with Crippen molar-refractivity contribution in [1.82, 2.24) is 9.80 Å². The van der Waals surface area contributed by atoms with Gasteiger partial charge in [-0.05, 0) is 25.9 Å². The van der Waals surface area contributed by atoms with Crippen LogP contribution in [0.3, 0.4) is 0 Å². The Morgan fingerprint density at radius 1 is 1.27 bits per heavy atom. The summed E-state index contributed by atoms with van der Waals surface area (Å²) in [6.45, 7) is 9.44. The van der Waals surface area contributed by atoms with Crippen molar-refractivity contribution < 1.29 is 0 Å². The van der Waals surface area contributed by atoms with Crippen molar-refractivity contribution in [2.45, 2.75) is 20.3 Å². The first-order valence-corrected chi connectivity index (χ1v) is 5.83. The number of rotatable bonds is 2. The van der Waals surface area contributed by atoms with Gasteiger partial charge >= 0.3 is 0 Å². The lowest BCUT2D eigenvalue weighted by molar-refractivity contribution is 0.345. The van der Waals surface area contributed by atoms with Crippen LogP contribution in [0.2, 0.25) is 0 Å². The van der Waals surface area contributed by atoms with E-state index in [1.54, 1.807) is 0 Å². The van der Waals surface area contributed by atoms with Gasteiger partial charge in [-0.3, -0.25) is 4.99 Å². The van der Waals surface area contributed by atoms with Crippen LogP contribution in [0, 0.1) is 5.92 Å². The second kappa shape index (κ2) is 5.95. The summed E-state index contributed by atoms with van der Waals surface area (Å²) in [5.74, 6) is 1.30. The number of nitrogens with two attached hydrogens (primary N) is 1. The molecule has 2 N–H and O–H groups in total. The van der Waals surface area contributed by atoms with Crippen LogP contribution in [-0.2, 0) is 0 Å². The third-order valence-electron chi connectivity index (χ3n) is 2.66. The Morgan fingerprint density at radius 2 is 2.00 bits per heavy atom. The molecule has 4 heteroatoms. The largest absolute Gasteiger partial charge is 0.370 e. The molecule has 1 heterocycles. The van der Waals surface area contributed by atoms with E-state index in [2.05, 4.69) is 35.7 Å². The van der Waals surface area contributed by atoms with Crippen LogP contribution in [0.25, 0.3) is 0 Å². The first kappa shape index (κ1) is 12.3. The quantitative estimate of drug-likeness (QED) is 0.538. The van der Waals surface area contributed by atoms with E-state index in [4.69, 9.17) is 5.73 Å². The smallest absolute Gasteiger partial charge is 0.191 e. The van der Waals surface area contributed by atoms with Gasteiger partial charge in [0.05, 0.1) is 0 Å². The Hall–Kier alpha value is -0.770. The van der Waals surface area contributed by atoms with Crippen LogP contribution in [0.1, 0.15) is 20.3 Å². The maximum Gasteiger partial charge on any atom is 0.191 e. The molecule has 1 saturated heterocycles. The van der Waals surface area contributed by atoms with Gasteiger partial charge in [-0.25, -0.2) is 0 Å². The van der Waals surface area contributed by atoms with Gasteiger partial charge < -0.3 is 15.5 Å². The molecule has 0 aromatic carbocycles. The molecule has 15 heavy (non-hydrogen) atoms. The summed E-state index contributed by atoms with van der Waals surface area (Å²) < 4.78 is 0. The Kier molecular flexibility index (Phi) is 4.88. The van der Waals surface area contributed by atoms with Crippen LogP contribution in [0.5, 0.6) is 0 Å². The van der Waals surface area contributed by atoms with Gasteiger partial charge in [0.2, 0.25) is 0 Å². The summed E-state index contributed by atoms with van der Waals surface area (Å²) in [5, 5.41) is 0. The molecule has 4 nitrogen and oxygen atoms in total. The first-order valence-electron chi connectivity index (χ1n) is 5.83. The van der Waals surface area contributed by atoms with E-state index < -0.39 is 0 Å². The number of aliphatic imine (C=N–C) groups is 1. The molecule has 0 radical (unpaired) electrons. The third kappa shape index (κ3) is 4.51. The topological polar surface area (TPSA) is 44.9 Å². The summed E-state index contributed by atoms with van der Waals surface area (Å²) in [6.07, 6.45) is 1.17. The van der Waals surface area contributed by atoms with Crippen molar-refractivity contribution >= 4 is 5.96 Å². The minimum absolute atomic E-state index is 0.582. The van der Waals surface area contributed by atoms with E-state index in [1.165, 1.54) is 6.42 Å². The van der Waals surface area contributed by atoms with Gasteiger partial charge in [-0.1, -0.05) is 13.8 Å². The maximum absolute atomic E-state index is 5.97. The lowest BCUT2D eigenvalue weighted by Gasteiger charge is -2.21. The molecule has 0 aliphatic carbocycles. The minimum Gasteiger partial charge on any atom is -0.370 e. The molecule has 88 valence electrons. The molecule has 0 atom stereocenters. The van der Waals surface area contributed by atoms with Gasteiger partial charge in [-0.2, -0.15) is 0 Å². The van der Waals surface area contributed by atoms with Crippen molar-refractivity contribution in [1.29, 1.82) is 0 Å². The average Bonchev–Trinajstić information content (AvgIpc) is 2.39. The van der Waals surface area contributed by atoms with Crippen molar-refractivity contribution in [2.24, 2.45) is 16.6 Å². The van der Waals surface area contributed by atoms with Gasteiger partial charge in [0.1, 0.15) is 0 Å². The molecule has 0 aromatic rings. The normalized spacial score (nSPS) is 20.8. The van der Waals surface area contributed by atoms with E-state index in [0.717, 1.165) is 38.7 Å². The number of hydrogen-bond acceptors (Lipinski definition) is 2. The van der Waals surface area contributed by atoms with Crippen molar-refractivity contribution in [3.05, 3.63) is 0 Å².